The van der Waals surface area contributed by atoms with Crippen LogP contribution in [-0.4, -0.2) is 14.5 Å². The van der Waals surface area contributed by atoms with Crippen molar-refractivity contribution in [1.29, 1.82) is 0 Å². The number of nitrogens with one attached hydrogen (secondary N) is 1. The number of benzene rings is 1. The zero-order chi connectivity index (χ0) is 15.6. The van der Waals surface area contributed by atoms with E-state index in [1.807, 2.05) is 19.9 Å². The molecule has 1 aliphatic rings. The van der Waals surface area contributed by atoms with Crippen LogP contribution in [0.2, 0.25) is 0 Å². The Morgan fingerprint density at radius 2 is 1.95 bits per heavy atom. The van der Waals surface area contributed by atoms with E-state index in [0.717, 1.165) is 36.8 Å². The molecule has 4 nitrogen and oxygen atoms in total. The lowest BCUT2D eigenvalue weighted by Crippen LogP contribution is -2.33. The van der Waals surface area contributed by atoms with E-state index in [1.54, 1.807) is 6.07 Å². The van der Waals surface area contributed by atoms with Gasteiger partial charge in [-0.3, -0.25) is 0 Å². The number of rotatable bonds is 5. The SMILES string of the molecule is CCc1cc(N)c(CC)c(S(=O)(=O)NC2CCC(C)C2)c1. The van der Waals surface area contributed by atoms with Crippen LogP contribution in [0.25, 0.3) is 0 Å². The summed E-state index contributed by atoms with van der Waals surface area (Å²) in [5.41, 5.74) is 8.31. The van der Waals surface area contributed by atoms with Gasteiger partial charge in [-0.05, 0) is 61.3 Å². The molecule has 1 aliphatic carbocycles. The summed E-state index contributed by atoms with van der Waals surface area (Å²) in [5.74, 6) is 0.593. The van der Waals surface area contributed by atoms with E-state index in [1.165, 1.54) is 0 Å². The third-order valence-corrected chi connectivity index (χ3v) is 5.96. The summed E-state index contributed by atoms with van der Waals surface area (Å²) < 4.78 is 28.3. The molecular weight excluding hydrogens is 284 g/mol. The average molecular weight is 310 g/mol. The summed E-state index contributed by atoms with van der Waals surface area (Å²) in [5, 5.41) is 0. The van der Waals surface area contributed by atoms with Crippen LogP contribution >= 0.6 is 0 Å². The van der Waals surface area contributed by atoms with Gasteiger partial charge in [0.1, 0.15) is 0 Å². The number of hydrogen-bond acceptors (Lipinski definition) is 3. The van der Waals surface area contributed by atoms with Crippen molar-refractivity contribution in [3.8, 4) is 0 Å². The Morgan fingerprint density at radius 3 is 2.48 bits per heavy atom. The van der Waals surface area contributed by atoms with E-state index < -0.39 is 10.0 Å². The summed E-state index contributed by atoms with van der Waals surface area (Å²) in [6.45, 7) is 6.11. The van der Waals surface area contributed by atoms with Crippen molar-refractivity contribution in [3.63, 3.8) is 0 Å². The predicted octanol–water partition coefficient (Wildman–Crippen LogP) is 2.86. The molecule has 1 aromatic rings. The lowest BCUT2D eigenvalue weighted by atomic mass is 10.1. The van der Waals surface area contributed by atoms with E-state index in [0.29, 0.717) is 22.9 Å². The van der Waals surface area contributed by atoms with Gasteiger partial charge in [-0.25, -0.2) is 13.1 Å². The maximum atomic E-state index is 12.7. The molecule has 2 atom stereocenters. The van der Waals surface area contributed by atoms with Crippen molar-refractivity contribution in [1.82, 2.24) is 4.72 Å². The minimum atomic E-state index is -3.49. The molecule has 0 bridgehead atoms. The van der Waals surface area contributed by atoms with Gasteiger partial charge < -0.3 is 5.73 Å². The second kappa shape index (κ2) is 6.36. The third kappa shape index (κ3) is 3.58. The molecule has 0 saturated heterocycles. The van der Waals surface area contributed by atoms with Crippen molar-refractivity contribution in [3.05, 3.63) is 23.3 Å². The quantitative estimate of drug-likeness (QED) is 0.821. The summed E-state index contributed by atoms with van der Waals surface area (Å²) in [6.07, 6.45) is 4.32. The van der Waals surface area contributed by atoms with Gasteiger partial charge in [0, 0.05) is 11.7 Å². The van der Waals surface area contributed by atoms with Crippen molar-refractivity contribution < 1.29 is 8.42 Å². The Labute approximate surface area is 128 Å². The molecule has 0 heterocycles. The molecule has 1 aromatic carbocycles. The van der Waals surface area contributed by atoms with Crippen LogP contribution in [0.5, 0.6) is 0 Å². The van der Waals surface area contributed by atoms with E-state index in [9.17, 15) is 8.42 Å². The highest BCUT2D eigenvalue weighted by Crippen LogP contribution is 2.29. The zero-order valence-corrected chi connectivity index (χ0v) is 14.0. The van der Waals surface area contributed by atoms with Gasteiger partial charge in [0.15, 0.2) is 0 Å². The number of sulfonamides is 1. The van der Waals surface area contributed by atoms with Crippen LogP contribution < -0.4 is 10.5 Å². The Morgan fingerprint density at radius 1 is 1.24 bits per heavy atom. The molecule has 1 fully saturated rings. The summed E-state index contributed by atoms with van der Waals surface area (Å²) in [6, 6.07) is 3.71. The first-order valence-corrected chi connectivity index (χ1v) is 9.29. The molecule has 5 heteroatoms. The van der Waals surface area contributed by atoms with Crippen LogP contribution in [-0.2, 0) is 22.9 Å². The molecule has 0 aliphatic heterocycles. The first kappa shape index (κ1) is 16.3. The first-order chi connectivity index (χ1) is 9.87. The molecule has 0 aromatic heterocycles. The lowest BCUT2D eigenvalue weighted by Gasteiger charge is -2.17. The van der Waals surface area contributed by atoms with Crippen LogP contribution in [0.4, 0.5) is 5.69 Å². The van der Waals surface area contributed by atoms with Crippen LogP contribution in [0, 0.1) is 5.92 Å². The molecule has 0 radical (unpaired) electrons. The van der Waals surface area contributed by atoms with Crippen LogP contribution in [0.3, 0.4) is 0 Å². The maximum Gasteiger partial charge on any atom is 0.241 e. The summed E-state index contributed by atoms with van der Waals surface area (Å²) >= 11 is 0. The number of nitrogen functional groups attached to an aromatic ring is 1. The predicted molar refractivity (Wildman–Crippen MR) is 86.7 cm³/mol. The number of aryl methyl sites for hydroxylation is 1. The minimum absolute atomic E-state index is 0.0567. The number of anilines is 1. The highest BCUT2D eigenvalue weighted by atomic mass is 32.2. The van der Waals surface area contributed by atoms with E-state index in [-0.39, 0.29) is 6.04 Å². The molecule has 0 amide bonds. The largest absolute Gasteiger partial charge is 0.398 e. The van der Waals surface area contributed by atoms with E-state index in [2.05, 4.69) is 11.6 Å². The monoisotopic (exact) mass is 310 g/mol. The van der Waals surface area contributed by atoms with Gasteiger partial charge in [0.2, 0.25) is 10.0 Å². The average Bonchev–Trinajstić information content (AvgIpc) is 2.82. The van der Waals surface area contributed by atoms with Crippen molar-refractivity contribution in [2.45, 2.75) is 63.8 Å². The molecule has 3 N–H and O–H groups in total. The minimum Gasteiger partial charge on any atom is -0.398 e. The molecule has 1 saturated carbocycles. The second-order valence-corrected chi connectivity index (χ2v) is 7.79. The molecule has 118 valence electrons. The van der Waals surface area contributed by atoms with E-state index >= 15 is 0 Å². The number of nitrogens with two attached hydrogens (primary N) is 1. The van der Waals surface area contributed by atoms with Crippen LogP contribution in [0.1, 0.15) is 51.2 Å². The first-order valence-electron chi connectivity index (χ1n) is 7.81. The lowest BCUT2D eigenvalue weighted by molar-refractivity contribution is 0.537. The van der Waals surface area contributed by atoms with Gasteiger partial charge in [-0.2, -0.15) is 0 Å². The Bertz CT molecular complexity index is 611. The smallest absolute Gasteiger partial charge is 0.241 e. The third-order valence-electron chi connectivity index (χ3n) is 4.37. The molecule has 21 heavy (non-hydrogen) atoms. The maximum absolute atomic E-state index is 12.7. The van der Waals surface area contributed by atoms with Gasteiger partial charge in [0.25, 0.3) is 0 Å². The van der Waals surface area contributed by atoms with Crippen molar-refractivity contribution >= 4 is 15.7 Å². The highest BCUT2D eigenvalue weighted by Gasteiger charge is 2.28. The fraction of sp³-hybridized carbons (Fsp3) is 0.625. The highest BCUT2D eigenvalue weighted by molar-refractivity contribution is 7.89. The normalized spacial score (nSPS) is 22.6. The standard InChI is InChI=1S/C16H26N2O2S/c1-4-12-9-15(17)14(5-2)16(10-12)21(19,20)18-13-7-6-11(3)8-13/h9-11,13,18H,4-8,17H2,1-3H3. The van der Waals surface area contributed by atoms with Gasteiger partial charge in [-0.15, -0.1) is 0 Å². The Balaban J connectivity index is 2.36. The van der Waals surface area contributed by atoms with Gasteiger partial charge >= 0.3 is 0 Å². The van der Waals surface area contributed by atoms with E-state index in [4.69, 9.17) is 5.73 Å². The molecule has 0 spiro atoms. The molecule has 2 rings (SSSR count). The fourth-order valence-corrected chi connectivity index (χ4v) is 4.82. The van der Waals surface area contributed by atoms with Crippen molar-refractivity contribution in [2.75, 3.05) is 5.73 Å². The second-order valence-electron chi connectivity index (χ2n) is 6.11. The summed E-state index contributed by atoms with van der Waals surface area (Å²) in [4.78, 5) is 0.362. The topological polar surface area (TPSA) is 72.2 Å². The van der Waals surface area contributed by atoms with Gasteiger partial charge in [0.05, 0.1) is 4.90 Å². The van der Waals surface area contributed by atoms with Crippen LogP contribution in [0.15, 0.2) is 17.0 Å². The number of hydrogen-bond donors (Lipinski definition) is 2. The van der Waals surface area contributed by atoms with Crippen molar-refractivity contribution in [2.24, 2.45) is 5.92 Å². The fourth-order valence-electron chi connectivity index (χ4n) is 3.15. The Hall–Kier alpha value is -1.07. The van der Waals surface area contributed by atoms with Gasteiger partial charge in [-0.1, -0.05) is 20.8 Å². The Kier molecular flexibility index (Phi) is 4.94. The molecule has 2 unspecified atom stereocenters. The summed E-state index contributed by atoms with van der Waals surface area (Å²) in [7, 11) is -3.49. The molecular formula is C16H26N2O2S. The zero-order valence-electron chi connectivity index (χ0n) is 13.1.